The van der Waals surface area contributed by atoms with Crippen LogP contribution in [0.1, 0.15) is 34.1 Å². The lowest BCUT2D eigenvalue weighted by Gasteiger charge is -2.26. The van der Waals surface area contributed by atoms with E-state index in [0.29, 0.717) is 6.61 Å². The third kappa shape index (κ3) is 4.94. The summed E-state index contributed by atoms with van der Waals surface area (Å²) >= 11 is 0. The Hall–Kier alpha value is -0.610. The number of carbonyl (C=O) groups excluding carboxylic acids is 1. The Morgan fingerprint density at radius 1 is 1.31 bits per heavy atom. The highest BCUT2D eigenvalue weighted by Gasteiger charge is 2.20. The third-order valence-corrected chi connectivity index (χ3v) is 2.79. The van der Waals surface area contributed by atoms with Gasteiger partial charge in [-0.05, 0) is 27.2 Å². The molecule has 2 unspecified atom stereocenters. The predicted octanol–water partition coefficient (Wildman–Crippen LogP) is 1.26. The summed E-state index contributed by atoms with van der Waals surface area (Å²) in [6.07, 6.45) is 0.962. The number of ether oxygens (including phenoxy) is 1. The van der Waals surface area contributed by atoms with Crippen molar-refractivity contribution in [3.63, 3.8) is 0 Å². The Bertz CT molecular complexity index is 193. The molecule has 1 amide bonds. The summed E-state index contributed by atoms with van der Waals surface area (Å²) in [6.45, 7) is 10.2. The van der Waals surface area contributed by atoms with Crippen LogP contribution in [0.25, 0.3) is 0 Å². The number of hydrogen-bond acceptors (Lipinski definition) is 3. The molecule has 0 aromatic rings. The number of hydrogen-bond donors (Lipinski definition) is 1. The smallest absolute Gasteiger partial charge is 0.239 e. The topological polar surface area (TPSA) is 41.6 Å². The Morgan fingerprint density at radius 2 is 1.88 bits per heavy atom. The molecule has 96 valence electrons. The van der Waals surface area contributed by atoms with Crippen LogP contribution in [0.4, 0.5) is 0 Å². The lowest BCUT2D eigenvalue weighted by atomic mass is 10.2. The molecule has 0 saturated heterocycles. The van der Waals surface area contributed by atoms with Crippen LogP contribution in [0.5, 0.6) is 0 Å². The van der Waals surface area contributed by atoms with Crippen molar-refractivity contribution in [1.82, 2.24) is 10.2 Å². The van der Waals surface area contributed by atoms with E-state index >= 15 is 0 Å². The molecule has 0 aliphatic heterocycles. The van der Waals surface area contributed by atoms with E-state index < -0.39 is 0 Å². The number of methoxy groups -OCH3 is 1. The molecule has 0 bridgehead atoms. The highest BCUT2D eigenvalue weighted by Crippen LogP contribution is 1.99. The first-order valence-electron chi connectivity index (χ1n) is 6.14. The fourth-order valence-corrected chi connectivity index (χ4v) is 1.72. The predicted molar refractivity (Wildman–Crippen MR) is 66.5 cm³/mol. The van der Waals surface area contributed by atoms with Gasteiger partial charge in [0.25, 0.3) is 0 Å². The van der Waals surface area contributed by atoms with Gasteiger partial charge in [0.2, 0.25) is 5.91 Å². The lowest BCUT2D eigenvalue weighted by Crippen LogP contribution is -2.49. The maximum atomic E-state index is 12.0. The molecule has 16 heavy (non-hydrogen) atoms. The van der Waals surface area contributed by atoms with Gasteiger partial charge in [-0.2, -0.15) is 0 Å². The molecule has 0 spiro atoms. The van der Waals surface area contributed by atoms with Crippen molar-refractivity contribution in [3.05, 3.63) is 0 Å². The second kappa shape index (κ2) is 8.53. The fourth-order valence-electron chi connectivity index (χ4n) is 1.72. The molecule has 0 saturated carbocycles. The molecular weight excluding hydrogens is 204 g/mol. The summed E-state index contributed by atoms with van der Waals surface area (Å²) in [7, 11) is 1.68. The van der Waals surface area contributed by atoms with Crippen LogP contribution < -0.4 is 5.32 Å². The summed E-state index contributed by atoms with van der Waals surface area (Å²) < 4.78 is 5.10. The van der Waals surface area contributed by atoms with Crippen LogP contribution in [-0.4, -0.2) is 49.7 Å². The number of nitrogens with zero attached hydrogens (tertiary/aromatic N) is 1. The number of rotatable bonds is 8. The SMILES string of the molecule is CCC(COC)NC(C)C(=O)N(CC)CC. The molecule has 1 N–H and O–H groups in total. The molecule has 0 heterocycles. The number of nitrogens with one attached hydrogen (secondary N) is 1. The van der Waals surface area contributed by atoms with E-state index in [1.54, 1.807) is 7.11 Å². The number of amides is 1. The highest BCUT2D eigenvalue weighted by atomic mass is 16.5. The van der Waals surface area contributed by atoms with Crippen LogP contribution in [0, 0.1) is 0 Å². The zero-order valence-corrected chi connectivity index (χ0v) is 11.2. The fraction of sp³-hybridized carbons (Fsp3) is 0.917. The summed E-state index contributed by atoms with van der Waals surface area (Å²) in [4.78, 5) is 13.8. The molecule has 0 fully saturated rings. The average molecular weight is 230 g/mol. The maximum Gasteiger partial charge on any atom is 0.239 e. The molecular formula is C12H26N2O2. The van der Waals surface area contributed by atoms with Crippen molar-refractivity contribution in [2.45, 2.75) is 46.2 Å². The van der Waals surface area contributed by atoms with Gasteiger partial charge < -0.3 is 15.0 Å². The van der Waals surface area contributed by atoms with Crippen molar-refractivity contribution in [2.75, 3.05) is 26.8 Å². The maximum absolute atomic E-state index is 12.0. The van der Waals surface area contributed by atoms with E-state index in [-0.39, 0.29) is 18.0 Å². The lowest BCUT2D eigenvalue weighted by molar-refractivity contribution is -0.132. The van der Waals surface area contributed by atoms with Gasteiger partial charge in [0.05, 0.1) is 12.6 Å². The molecule has 0 aromatic carbocycles. The first kappa shape index (κ1) is 15.4. The van der Waals surface area contributed by atoms with Crippen LogP contribution in [0.15, 0.2) is 0 Å². The van der Waals surface area contributed by atoms with Gasteiger partial charge in [-0.1, -0.05) is 6.92 Å². The van der Waals surface area contributed by atoms with E-state index in [2.05, 4.69) is 12.2 Å². The zero-order chi connectivity index (χ0) is 12.6. The van der Waals surface area contributed by atoms with Crippen molar-refractivity contribution in [2.24, 2.45) is 0 Å². The van der Waals surface area contributed by atoms with Crippen molar-refractivity contribution in [1.29, 1.82) is 0 Å². The number of likely N-dealkylation sites (N-methyl/N-ethyl adjacent to an activating group) is 1. The molecule has 0 aliphatic carbocycles. The zero-order valence-electron chi connectivity index (χ0n) is 11.2. The van der Waals surface area contributed by atoms with Crippen molar-refractivity contribution < 1.29 is 9.53 Å². The van der Waals surface area contributed by atoms with Gasteiger partial charge in [-0.3, -0.25) is 4.79 Å². The van der Waals surface area contributed by atoms with Crippen LogP contribution in [0.3, 0.4) is 0 Å². The van der Waals surface area contributed by atoms with Gasteiger partial charge in [0.15, 0.2) is 0 Å². The largest absolute Gasteiger partial charge is 0.383 e. The quantitative estimate of drug-likeness (QED) is 0.682. The van der Waals surface area contributed by atoms with Gasteiger partial charge in [0.1, 0.15) is 0 Å². The Kier molecular flexibility index (Phi) is 8.21. The second-order valence-electron chi connectivity index (χ2n) is 3.96. The van der Waals surface area contributed by atoms with Gasteiger partial charge >= 0.3 is 0 Å². The van der Waals surface area contributed by atoms with Gasteiger partial charge in [-0.25, -0.2) is 0 Å². The average Bonchev–Trinajstić information content (AvgIpc) is 2.29. The minimum atomic E-state index is -0.139. The molecule has 0 rings (SSSR count). The summed E-state index contributed by atoms with van der Waals surface area (Å²) in [5, 5.41) is 3.30. The summed E-state index contributed by atoms with van der Waals surface area (Å²) in [5.74, 6) is 0.166. The minimum absolute atomic E-state index is 0.139. The molecule has 0 radical (unpaired) electrons. The highest BCUT2D eigenvalue weighted by molar-refractivity contribution is 5.81. The standard InChI is InChI=1S/C12H26N2O2/c1-6-11(9-16-5)13-10(4)12(15)14(7-2)8-3/h10-11,13H,6-9H2,1-5H3. The second-order valence-corrected chi connectivity index (χ2v) is 3.96. The van der Waals surface area contributed by atoms with E-state index in [1.165, 1.54) is 0 Å². The van der Waals surface area contributed by atoms with Crippen molar-refractivity contribution >= 4 is 5.91 Å². The first-order valence-corrected chi connectivity index (χ1v) is 6.14. The Labute approximate surface area is 99.3 Å². The molecule has 0 aromatic heterocycles. The van der Waals surface area contributed by atoms with E-state index in [1.807, 2.05) is 25.7 Å². The normalized spacial score (nSPS) is 14.6. The molecule has 4 heteroatoms. The van der Waals surface area contributed by atoms with Crippen LogP contribution in [-0.2, 0) is 9.53 Å². The Morgan fingerprint density at radius 3 is 2.25 bits per heavy atom. The minimum Gasteiger partial charge on any atom is -0.383 e. The van der Waals surface area contributed by atoms with Crippen molar-refractivity contribution in [3.8, 4) is 0 Å². The van der Waals surface area contributed by atoms with E-state index in [4.69, 9.17) is 4.74 Å². The monoisotopic (exact) mass is 230 g/mol. The molecule has 4 nitrogen and oxygen atoms in total. The van der Waals surface area contributed by atoms with Gasteiger partial charge in [-0.15, -0.1) is 0 Å². The first-order chi connectivity index (χ1) is 7.60. The van der Waals surface area contributed by atoms with E-state index in [0.717, 1.165) is 19.5 Å². The summed E-state index contributed by atoms with van der Waals surface area (Å²) in [6, 6.07) is 0.111. The third-order valence-electron chi connectivity index (χ3n) is 2.79. The Balaban J connectivity index is 4.21. The number of carbonyl (C=O) groups is 1. The summed E-state index contributed by atoms with van der Waals surface area (Å²) in [5.41, 5.74) is 0. The molecule has 0 aliphatic rings. The molecule has 2 atom stereocenters. The van der Waals surface area contributed by atoms with Gasteiger partial charge in [0, 0.05) is 26.2 Å². The van der Waals surface area contributed by atoms with E-state index in [9.17, 15) is 4.79 Å². The van der Waals surface area contributed by atoms with Crippen LogP contribution >= 0.6 is 0 Å². The van der Waals surface area contributed by atoms with Crippen LogP contribution in [0.2, 0.25) is 0 Å².